The van der Waals surface area contributed by atoms with E-state index in [0.717, 1.165) is 17.9 Å². The number of hydrogen-bond acceptors (Lipinski definition) is 4. The van der Waals surface area contributed by atoms with Gasteiger partial charge in [-0.2, -0.15) is 18.3 Å². The van der Waals surface area contributed by atoms with Crippen LogP contribution in [0.2, 0.25) is 5.02 Å². The van der Waals surface area contributed by atoms with Crippen LogP contribution in [0.4, 0.5) is 23.7 Å². The van der Waals surface area contributed by atoms with Crippen molar-refractivity contribution in [3.05, 3.63) is 94.5 Å². The molecule has 2 amide bonds. The molecule has 0 saturated carbocycles. The molecule has 0 bridgehead atoms. The Balaban J connectivity index is 1.69. The van der Waals surface area contributed by atoms with Crippen molar-refractivity contribution in [3.8, 4) is 0 Å². The van der Waals surface area contributed by atoms with E-state index in [9.17, 15) is 26.4 Å². The number of carbonyl (C=O) groups is 1. The monoisotopic (exact) mass is 535 g/mol. The first-order valence-corrected chi connectivity index (χ1v) is 13.0. The van der Waals surface area contributed by atoms with Gasteiger partial charge in [-0.3, -0.25) is 0 Å². The van der Waals surface area contributed by atoms with Gasteiger partial charge in [-0.1, -0.05) is 48.0 Å². The van der Waals surface area contributed by atoms with Crippen LogP contribution in [0.25, 0.3) is 0 Å². The average Bonchev–Trinajstić information content (AvgIpc) is 3.17. The van der Waals surface area contributed by atoms with Crippen molar-refractivity contribution in [1.82, 2.24) is 5.01 Å². The smallest absolute Gasteiger partial charge is 0.306 e. The van der Waals surface area contributed by atoms with Crippen LogP contribution in [-0.2, 0) is 21.4 Å². The molecule has 11 heteroatoms. The number of anilines is 1. The summed E-state index contributed by atoms with van der Waals surface area (Å²) in [5.41, 5.74) is 0.101. The first-order chi connectivity index (χ1) is 16.8. The molecule has 1 aliphatic rings. The Morgan fingerprint density at radius 2 is 1.69 bits per heavy atom. The lowest BCUT2D eigenvalue weighted by Crippen LogP contribution is -2.38. The minimum atomic E-state index is -4.60. The van der Waals surface area contributed by atoms with Gasteiger partial charge in [0.2, 0.25) is 0 Å². The van der Waals surface area contributed by atoms with E-state index in [4.69, 9.17) is 11.6 Å². The number of alkyl halides is 3. The van der Waals surface area contributed by atoms with Gasteiger partial charge >= 0.3 is 12.2 Å². The summed E-state index contributed by atoms with van der Waals surface area (Å²) in [5, 5.41) is 7.88. The molecular weight excluding hydrogens is 515 g/mol. The molecule has 1 atom stereocenters. The molecule has 188 valence electrons. The van der Waals surface area contributed by atoms with Crippen LogP contribution in [0.5, 0.6) is 0 Å². The molecule has 1 aliphatic heterocycles. The van der Waals surface area contributed by atoms with Gasteiger partial charge in [-0.15, -0.1) is 0 Å². The van der Waals surface area contributed by atoms with Crippen molar-refractivity contribution in [3.63, 3.8) is 0 Å². The Bertz CT molecular complexity index is 1440. The normalized spacial score (nSPS) is 18.2. The molecule has 1 unspecified atom stereocenters. The average molecular weight is 536 g/mol. The maximum Gasteiger partial charge on any atom is 0.417 e. The lowest BCUT2D eigenvalue weighted by atomic mass is 9.76. The number of rotatable bonds is 4. The zero-order chi connectivity index (χ0) is 26.3. The second-order valence-corrected chi connectivity index (χ2v) is 11.0. The van der Waals surface area contributed by atoms with Crippen LogP contribution in [0.1, 0.15) is 23.6 Å². The third kappa shape index (κ3) is 5.10. The number of carbonyl (C=O) groups excluding carboxylic acids is 1. The predicted molar refractivity (Wildman–Crippen MR) is 132 cm³/mol. The van der Waals surface area contributed by atoms with Gasteiger partial charge in [0.1, 0.15) is 0 Å². The van der Waals surface area contributed by atoms with Crippen molar-refractivity contribution in [2.45, 2.75) is 23.4 Å². The van der Waals surface area contributed by atoms with Crippen molar-refractivity contribution in [2.75, 3.05) is 18.1 Å². The second kappa shape index (κ2) is 9.25. The number of benzene rings is 3. The van der Waals surface area contributed by atoms with Crippen molar-refractivity contribution >= 4 is 38.9 Å². The second-order valence-electron chi connectivity index (χ2n) is 8.62. The fourth-order valence-electron chi connectivity index (χ4n) is 4.03. The molecular formula is C25H21ClF3N3O3S. The van der Waals surface area contributed by atoms with Gasteiger partial charge in [0.15, 0.2) is 9.84 Å². The number of urea groups is 1. The Labute approximate surface area is 211 Å². The van der Waals surface area contributed by atoms with E-state index in [0.29, 0.717) is 17.0 Å². The standard InChI is InChI=1S/C25H21ClF3N3O3S/c1-24(17-6-4-3-5-7-17)15-32(23(33)30-18-9-11-19(12-10-18)36(2,34)35)31-22(24)16-8-13-20(21(26)14-16)25(27,28)29/h3-14H,15H2,1-2H3,(H,30,33). The van der Waals surface area contributed by atoms with Gasteiger partial charge in [0.05, 0.1) is 33.2 Å². The van der Waals surface area contributed by atoms with Crippen LogP contribution < -0.4 is 5.32 Å². The van der Waals surface area contributed by atoms with Gasteiger partial charge < -0.3 is 5.32 Å². The predicted octanol–water partition coefficient (Wildman–Crippen LogP) is 5.97. The molecule has 1 heterocycles. The van der Waals surface area contributed by atoms with Crippen molar-refractivity contribution in [1.29, 1.82) is 0 Å². The molecule has 0 spiro atoms. The van der Waals surface area contributed by atoms with Crippen LogP contribution in [0.3, 0.4) is 0 Å². The topological polar surface area (TPSA) is 78.8 Å². The zero-order valence-corrected chi connectivity index (χ0v) is 20.7. The van der Waals surface area contributed by atoms with Gasteiger partial charge in [0, 0.05) is 17.5 Å². The Morgan fingerprint density at radius 1 is 1.06 bits per heavy atom. The van der Waals surface area contributed by atoms with E-state index in [1.54, 1.807) is 0 Å². The molecule has 36 heavy (non-hydrogen) atoms. The number of sulfone groups is 1. The number of hydrazone groups is 1. The summed E-state index contributed by atoms with van der Waals surface area (Å²) in [6, 6.07) is 17.7. The Kier molecular flexibility index (Phi) is 6.61. The molecule has 1 N–H and O–H groups in total. The highest BCUT2D eigenvalue weighted by molar-refractivity contribution is 7.90. The lowest BCUT2D eigenvalue weighted by molar-refractivity contribution is -0.137. The summed E-state index contributed by atoms with van der Waals surface area (Å²) in [6.45, 7) is 1.96. The molecule has 3 aromatic rings. The molecule has 3 aromatic carbocycles. The maximum absolute atomic E-state index is 13.2. The molecule has 0 aliphatic carbocycles. The largest absolute Gasteiger partial charge is 0.417 e. The van der Waals surface area contributed by atoms with E-state index in [2.05, 4.69) is 10.4 Å². The Hall–Kier alpha value is -3.37. The number of halogens is 4. The van der Waals surface area contributed by atoms with Crippen LogP contribution in [0, 0.1) is 0 Å². The first-order valence-electron chi connectivity index (χ1n) is 10.7. The minimum Gasteiger partial charge on any atom is -0.306 e. The minimum absolute atomic E-state index is 0.109. The molecule has 6 nitrogen and oxygen atoms in total. The van der Waals surface area contributed by atoms with E-state index >= 15 is 0 Å². The summed E-state index contributed by atoms with van der Waals surface area (Å²) >= 11 is 5.97. The molecule has 0 fully saturated rings. The SMILES string of the molecule is CC1(c2ccccc2)CN(C(=O)Nc2ccc(S(C)(=O)=O)cc2)N=C1c1ccc(C(F)(F)F)c(Cl)c1. The highest BCUT2D eigenvalue weighted by Crippen LogP contribution is 2.39. The summed E-state index contributed by atoms with van der Waals surface area (Å²) in [7, 11) is -3.39. The fourth-order valence-corrected chi connectivity index (χ4v) is 4.95. The maximum atomic E-state index is 13.2. The number of nitrogens with one attached hydrogen (secondary N) is 1. The van der Waals surface area contributed by atoms with Crippen LogP contribution in [0.15, 0.2) is 82.8 Å². The molecule has 4 rings (SSSR count). The van der Waals surface area contributed by atoms with Gasteiger partial charge in [-0.25, -0.2) is 18.2 Å². The van der Waals surface area contributed by atoms with Gasteiger partial charge in [-0.05, 0) is 48.9 Å². The molecule has 0 aromatic heterocycles. The highest BCUT2D eigenvalue weighted by atomic mass is 35.5. The zero-order valence-electron chi connectivity index (χ0n) is 19.2. The van der Waals surface area contributed by atoms with E-state index in [1.807, 2.05) is 37.3 Å². The van der Waals surface area contributed by atoms with Crippen molar-refractivity contribution < 1.29 is 26.4 Å². The third-order valence-corrected chi connectivity index (χ3v) is 7.38. The van der Waals surface area contributed by atoms with Crippen molar-refractivity contribution in [2.24, 2.45) is 5.10 Å². The van der Waals surface area contributed by atoms with E-state index < -0.39 is 38.0 Å². The first kappa shape index (κ1) is 25.7. The summed E-state index contributed by atoms with van der Waals surface area (Å²) in [5.74, 6) is 0. The molecule has 0 radical (unpaired) electrons. The van der Waals surface area contributed by atoms with Crippen LogP contribution in [-0.4, -0.2) is 38.0 Å². The fraction of sp³-hybridized carbons (Fsp3) is 0.200. The lowest BCUT2D eigenvalue weighted by Gasteiger charge is -2.27. The van der Waals surface area contributed by atoms with Crippen LogP contribution >= 0.6 is 11.6 Å². The van der Waals surface area contributed by atoms with E-state index in [-0.39, 0.29) is 11.4 Å². The van der Waals surface area contributed by atoms with E-state index in [1.165, 1.54) is 41.4 Å². The number of nitrogens with zero attached hydrogens (tertiary/aromatic N) is 2. The number of hydrogen-bond donors (Lipinski definition) is 1. The Morgan fingerprint density at radius 3 is 2.25 bits per heavy atom. The van der Waals surface area contributed by atoms with Gasteiger partial charge in [0.25, 0.3) is 0 Å². The quantitative estimate of drug-likeness (QED) is 0.447. The number of amides is 2. The summed E-state index contributed by atoms with van der Waals surface area (Å²) in [4.78, 5) is 13.2. The summed E-state index contributed by atoms with van der Waals surface area (Å²) in [6.07, 6.45) is -3.52. The third-order valence-electron chi connectivity index (χ3n) is 5.94. The molecule has 0 saturated heterocycles. The highest BCUT2D eigenvalue weighted by Gasteiger charge is 2.43. The summed E-state index contributed by atoms with van der Waals surface area (Å²) < 4.78 is 63.0.